The molecule has 5 atom stereocenters. The number of nitriles is 1. The number of likely N-dealkylation sites (N-methyl/N-ethyl adjacent to an activating group) is 1. The SMILES string of the molecule is CC(C)[C@@H](CCl)N(C)[C@@H]1C2C=C(C#N)C=CC2OC(C)(C)[C@H]1O. The number of hydrogen-bond donors (Lipinski definition) is 1. The summed E-state index contributed by atoms with van der Waals surface area (Å²) in [7, 11) is 2.01. The predicted octanol–water partition coefficient (Wildman–Crippen LogP) is 2.72. The molecule has 1 heterocycles. The molecule has 0 saturated carbocycles. The molecule has 0 spiro atoms. The monoisotopic (exact) mass is 338 g/mol. The molecular formula is C18H27ClN2O2. The molecule has 0 bridgehead atoms. The van der Waals surface area contributed by atoms with E-state index in [1.807, 2.05) is 33.0 Å². The first-order chi connectivity index (χ1) is 10.7. The van der Waals surface area contributed by atoms with Gasteiger partial charge in [0, 0.05) is 29.5 Å². The molecule has 0 aromatic carbocycles. The summed E-state index contributed by atoms with van der Waals surface area (Å²) in [4.78, 5) is 2.18. The van der Waals surface area contributed by atoms with Crippen LogP contribution in [0.5, 0.6) is 0 Å². The smallest absolute Gasteiger partial charge is 0.0988 e. The van der Waals surface area contributed by atoms with Gasteiger partial charge in [-0.1, -0.05) is 26.0 Å². The Morgan fingerprint density at radius 2 is 2.13 bits per heavy atom. The zero-order chi connectivity index (χ0) is 17.4. The van der Waals surface area contributed by atoms with Gasteiger partial charge in [-0.25, -0.2) is 0 Å². The average Bonchev–Trinajstić information content (AvgIpc) is 2.48. The first-order valence-electron chi connectivity index (χ1n) is 8.16. The van der Waals surface area contributed by atoms with Gasteiger partial charge in [0.2, 0.25) is 0 Å². The van der Waals surface area contributed by atoms with Crippen LogP contribution in [0.1, 0.15) is 27.7 Å². The third-order valence-corrected chi connectivity index (χ3v) is 5.45. The van der Waals surface area contributed by atoms with E-state index >= 15 is 0 Å². The minimum absolute atomic E-state index is 0.0628. The van der Waals surface area contributed by atoms with Gasteiger partial charge in [-0.05, 0) is 32.9 Å². The highest BCUT2D eigenvalue weighted by atomic mass is 35.5. The molecule has 1 fully saturated rings. The van der Waals surface area contributed by atoms with Crippen molar-refractivity contribution in [2.45, 2.75) is 57.6 Å². The predicted molar refractivity (Wildman–Crippen MR) is 92.2 cm³/mol. The number of aliphatic hydroxyl groups excluding tert-OH is 1. The van der Waals surface area contributed by atoms with Gasteiger partial charge in [0.15, 0.2) is 0 Å². The van der Waals surface area contributed by atoms with E-state index < -0.39 is 11.7 Å². The molecule has 5 heteroatoms. The first-order valence-corrected chi connectivity index (χ1v) is 8.70. The molecule has 1 aliphatic heterocycles. The van der Waals surface area contributed by atoms with Crippen LogP contribution in [0.25, 0.3) is 0 Å². The van der Waals surface area contributed by atoms with E-state index in [2.05, 4.69) is 24.8 Å². The van der Waals surface area contributed by atoms with E-state index in [1.54, 1.807) is 6.08 Å². The highest BCUT2D eigenvalue weighted by Crippen LogP contribution is 2.40. The van der Waals surface area contributed by atoms with E-state index in [9.17, 15) is 10.4 Å². The second kappa shape index (κ2) is 6.94. The van der Waals surface area contributed by atoms with E-state index in [0.717, 1.165) is 0 Å². The number of aliphatic hydroxyl groups is 1. The normalized spacial score (nSPS) is 34.0. The summed E-state index contributed by atoms with van der Waals surface area (Å²) in [6.07, 6.45) is 4.86. The summed E-state index contributed by atoms with van der Waals surface area (Å²) in [5.41, 5.74) is -0.0388. The minimum Gasteiger partial charge on any atom is -0.388 e. The molecule has 2 unspecified atom stereocenters. The van der Waals surface area contributed by atoms with Crippen LogP contribution in [-0.2, 0) is 4.74 Å². The standard InChI is InChI=1S/C18H27ClN2O2/c1-11(2)14(9-19)21(5)16-13-8-12(10-20)6-7-15(13)23-18(3,4)17(16)22/h6-8,11,13-17,22H,9H2,1-5H3/t13?,14-,15?,16-,17+/m1/s1. The molecule has 0 radical (unpaired) electrons. The lowest BCUT2D eigenvalue weighted by molar-refractivity contribution is -0.206. The Morgan fingerprint density at radius 3 is 2.65 bits per heavy atom. The van der Waals surface area contributed by atoms with Gasteiger partial charge in [-0.2, -0.15) is 5.26 Å². The summed E-state index contributed by atoms with van der Waals surface area (Å²) in [5, 5.41) is 20.2. The Morgan fingerprint density at radius 1 is 1.48 bits per heavy atom. The topological polar surface area (TPSA) is 56.5 Å². The van der Waals surface area contributed by atoms with Crippen molar-refractivity contribution in [3.05, 3.63) is 23.8 Å². The molecule has 23 heavy (non-hydrogen) atoms. The molecule has 2 rings (SSSR count). The van der Waals surface area contributed by atoms with Crippen molar-refractivity contribution in [1.29, 1.82) is 5.26 Å². The molecule has 0 amide bonds. The van der Waals surface area contributed by atoms with Crippen LogP contribution >= 0.6 is 11.6 Å². The lowest BCUT2D eigenvalue weighted by Gasteiger charge is -2.53. The minimum atomic E-state index is -0.666. The maximum absolute atomic E-state index is 10.9. The molecule has 1 saturated heterocycles. The summed E-state index contributed by atoms with van der Waals surface area (Å²) in [6, 6.07) is 2.19. The highest BCUT2D eigenvalue weighted by molar-refractivity contribution is 6.18. The number of hydrogen-bond acceptors (Lipinski definition) is 4. The van der Waals surface area contributed by atoms with Crippen LogP contribution in [-0.4, -0.2) is 52.8 Å². The van der Waals surface area contributed by atoms with Crippen molar-refractivity contribution in [2.75, 3.05) is 12.9 Å². The number of rotatable bonds is 4. The second-order valence-corrected chi connectivity index (χ2v) is 7.73. The number of halogens is 1. The van der Waals surface area contributed by atoms with Crippen LogP contribution < -0.4 is 0 Å². The molecular weight excluding hydrogens is 312 g/mol. The van der Waals surface area contributed by atoms with Crippen LogP contribution in [0.15, 0.2) is 23.8 Å². The summed E-state index contributed by atoms with van der Waals surface area (Å²) >= 11 is 6.19. The lowest BCUT2D eigenvalue weighted by atomic mass is 9.75. The van der Waals surface area contributed by atoms with E-state index in [-0.39, 0.29) is 24.1 Å². The van der Waals surface area contributed by atoms with Gasteiger partial charge >= 0.3 is 0 Å². The Labute approximate surface area is 144 Å². The molecule has 4 nitrogen and oxygen atoms in total. The number of alkyl halides is 1. The fourth-order valence-electron chi connectivity index (χ4n) is 3.68. The van der Waals surface area contributed by atoms with E-state index in [0.29, 0.717) is 17.4 Å². The largest absolute Gasteiger partial charge is 0.388 e. The molecule has 1 aliphatic carbocycles. The van der Waals surface area contributed by atoms with Gasteiger partial charge in [0.1, 0.15) is 0 Å². The van der Waals surface area contributed by atoms with Crippen molar-refractivity contribution in [1.82, 2.24) is 4.90 Å². The van der Waals surface area contributed by atoms with Crippen LogP contribution in [0, 0.1) is 23.2 Å². The van der Waals surface area contributed by atoms with Gasteiger partial charge < -0.3 is 9.84 Å². The van der Waals surface area contributed by atoms with Crippen molar-refractivity contribution in [3.8, 4) is 6.07 Å². The fraction of sp³-hybridized carbons (Fsp3) is 0.722. The molecule has 128 valence electrons. The molecule has 0 aromatic rings. The van der Waals surface area contributed by atoms with Crippen molar-refractivity contribution >= 4 is 11.6 Å². The maximum Gasteiger partial charge on any atom is 0.0988 e. The molecule has 2 aliphatic rings. The van der Waals surface area contributed by atoms with Crippen LogP contribution in [0.2, 0.25) is 0 Å². The van der Waals surface area contributed by atoms with E-state index in [1.165, 1.54) is 0 Å². The Kier molecular flexibility index (Phi) is 5.58. The van der Waals surface area contributed by atoms with Crippen molar-refractivity contribution in [3.63, 3.8) is 0 Å². The fourth-order valence-corrected chi connectivity index (χ4v) is 4.26. The van der Waals surface area contributed by atoms with Gasteiger partial charge in [-0.15, -0.1) is 11.6 Å². The zero-order valence-corrected chi connectivity index (χ0v) is 15.3. The second-order valence-electron chi connectivity index (χ2n) is 7.42. The Balaban J connectivity index is 2.41. The van der Waals surface area contributed by atoms with Gasteiger partial charge in [-0.3, -0.25) is 4.90 Å². The number of allylic oxidation sites excluding steroid dienone is 2. The number of nitrogens with zero attached hydrogens (tertiary/aromatic N) is 2. The lowest BCUT2D eigenvalue weighted by Crippen LogP contribution is -2.65. The highest BCUT2D eigenvalue weighted by Gasteiger charge is 2.51. The third-order valence-electron chi connectivity index (χ3n) is 5.14. The molecule has 0 aromatic heterocycles. The Bertz CT molecular complexity index is 536. The van der Waals surface area contributed by atoms with Crippen LogP contribution in [0.4, 0.5) is 0 Å². The third kappa shape index (κ3) is 3.49. The summed E-state index contributed by atoms with van der Waals surface area (Å²) < 4.78 is 6.09. The first kappa shape index (κ1) is 18.5. The number of fused-ring (bicyclic) bond motifs is 1. The maximum atomic E-state index is 10.9. The summed E-state index contributed by atoms with van der Waals surface area (Å²) in [5.74, 6) is 0.806. The average molecular weight is 339 g/mol. The van der Waals surface area contributed by atoms with Crippen molar-refractivity contribution in [2.24, 2.45) is 11.8 Å². The van der Waals surface area contributed by atoms with Gasteiger partial charge in [0.25, 0.3) is 0 Å². The number of ether oxygens (including phenoxy) is 1. The van der Waals surface area contributed by atoms with Gasteiger partial charge in [0.05, 0.1) is 23.9 Å². The zero-order valence-electron chi connectivity index (χ0n) is 14.5. The van der Waals surface area contributed by atoms with Crippen molar-refractivity contribution < 1.29 is 9.84 Å². The molecule has 1 N–H and O–H groups in total. The Hall–Kier alpha value is -0.860. The van der Waals surface area contributed by atoms with E-state index in [4.69, 9.17) is 16.3 Å². The van der Waals surface area contributed by atoms with Crippen LogP contribution in [0.3, 0.4) is 0 Å². The quantitative estimate of drug-likeness (QED) is 0.801. The summed E-state index contributed by atoms with van der Waals surface area (Å²) in [6.45, 7) is 8.10.